The van der Waals surface area contributed by atoms with E-state index in [1.807, 2.05) is 0 Å². The standard InChI is InChI=1S/C15H24N2O/c1-3-15(16)12-4-6-13(7-5-12)17-10-8-14(18-2)9-11-17/h4-7,14-15H,3,8-11,16H2,1-2H3/t15-/m1/s1. The van der Waals surface area contributed by atoms with Crippen molar-refractivity contribution in [2.75, 3.05) is 25.1 Å². The molecule has 0 bridgehead atoms. The second kappa shape index (κ2) is 6.21. The molecule has 0 unspecified atom stereocenters. The van der Waals surface area contributed by atoms with Crippen LogP contribution < -0.4 is 10.6 Å². The Bertz CT molecular complexity index is 355. The van der Waals surface area contributed by atoms with E-state index in [2.05, 4.69) is 36.1 Å². The predicted octanol–water partition coefficient (Wildman–Crippen LogP) is 2.71. The van der Waals surface area contributed by atoms with Gasteiger partial charge in [0.05, 0.1) is 6.10 Å². The van der Waals surface area contributed by atoms with E-state index in [0.717, 1.165) is 32.4 Å². The van der Waals surface area contributed by atoms with Gasteiger partial charge in [0.1, 0.15) is 0 Å². The van der Waals surface area contributed by atoms with Gasteiger partial charge < -0.3 is 15.4 Å². The van der Waals surface area contributed by atoms with Crippen molar-refractivity contribution in [3.05, 3.63) is 29.8 Å². The highest BCUT2D eigenvalue weighted by Crippen LogP contribution is 2.23. The zero-order chi connectivity index (χ0) is 13.0. The Morgan fingerprint density at radius 3 is 2.39 bits per heavy atom. The SMILES string of the molecule is CC[C@@H](N)c1ccc(N2CCC(OC)CC2)cc1. The first-order valence-electron chi connectivity index (χ1n) is 6.88. The highest BCUT2D eigenvalue weighted by Gasteiger charge is 2.18. The van der Waals surface area contributed by atoms with Gasteiger partial charge in [0.2, 0.25) is 0 Å². The molecule has 2 N–H and O–H groups in total. The zero-order valence-electron chi connectivity index (χ0n) is 11.4. The Kier molecular flexibility index (Phi) is 4.61. The molecular weight excluding hydrogens is 224 g/mol. The third-order valence-corrected chi connectivity index (χ3v) is 3.90. The third kappa shape index (κ3) is 3.03. The summed E-state index contributed by atoms with van der Waals surface area (Å²) >= 11 is 0. The summed E-state index contributed by atoms with van der Waals surface area (Å²) in [5.74, 6) is 0. The van der Waals surface area contributed by atoms with E-state index in [9.17, 15) is 0 Å². The van der Waals surface area contributed by atoms with E-state index in [4.69, 9.17) is 10.5 Å². The van der Waals surface area contributed by atoms with Crippen molar-refractivity contribution >= 4 is 5.69 Å². The van der Waals surface area contributed by atoms with Gasteiger partial charge in [-0.1, -0.05) is 19.1 Å². The topological polar surface area (TPSA) is 38.5 Å². The number of methoxy groups -OCH3 is 1. The van der Waals surface area contributed by atoms with E-state index < -0.39 is 0 Å². The average molecular weight is 248 g/mol. The van der Waals surface area contributed by atoms with E-state index in [1.54, 1.807) is 7.11 Å². The lowest BCUT2D eigenvalue weighted by atomic mass is 10.0. The van der Waals surface area contributed by atoms with Crippen LogP contribution in [0.2, 0.25) is 0 Å². The van der Waals surface area contributed by atoms with Gasteiger partial charge in [-0.05, 0) is 37.0 Å². The highest BCUT2D eigenvalue weighted by atomic mass is 16.5. The van der Waals surface area contributed by atoms with Crippen LogP contribution in [0.3, 0.4) is 0 Å². The van der Waals surface area contributed by atoms with Crippen LogP contribution in [0.25, 0.3) is 0 Å². The summed E-state index contributed by atoms with van der Waals surface area (Å²) in [6.45, 7) is 4.28. The molecule has 1 aliphatic rings. The predicted molar refractivity (Wildman–Crippen MR) is 75.9 cm³/mol. The number of hydrogen-bond donors (Lipinski definition) is 1. The largest absolute Gasteiger partial charge is 0.381 e. The zero-order valence-corrected chi connectivity index (χ0v) is 11.4. The molecule has 2 rings (SSSR count). The minimum Gasteiger partial charge on any atom is -0.381 e. The summed E-state index contributed by atoms with van der Waals surface area (Å²) in [7, 11) is 1.81. The van der Waals surface area contributed by atoms with Gasteiger partial charge in [0.15, 0.2) is 0 Å². The summed E-state index contributed by atoms with van der Waals surface area (Å²) < 4.78 is 5.40. The summed E-state index contributed by atoms with van der Waals surface area (Å²) in [4.78, 5) is 2.43. The maximum Gasteiger partial charge on any atom is 0.0605 e. The Morgan fingerprint density at radius 1 is 1.28 bits per heavy atom. The van der Waals surface area contributed by atoms with Gasteiger partial charge in [0, 0.05) is 31.9 Å². The maximum absolute atomic E-state index is 6.03. The molecule has 18 heavy (non-hydrogen) atoms. The first-order valence-corrected chi connectivity index (χ1v) is 6.88. The molecule has 100 valence electrons. The van der Waals surface area contributed by atoms with Gasteiger partial charge in [-0.2, -0.15) is 0 Å². The van der Waals surface area contributed by atoms with Gasteiger partial charge in [0.25, 0.3) is 0 Å². The third-order valence-electron chi connectivity index (χ3n) is 3.90. The van der Waals surface area contributed by atoms with Crippen LogP contribution in [0, 0.1) is 0 Å². The van der Waals surface area contributed by atoms with Crippen molar-refractivity contribution in [2.45, 2.75) is 38.3 Å². The lowest BCUT2D eigenvalue weighted by Crippen LogP contribution is -2.36. The molecule has 3 heteroatoms. The highest BCUT2D eigenvalue weighted by molar-refractivity contribution is 5.48. The molecule has 1 heterocycles. The molecule has 0 radical (unpaired) electrons. The van der Waals surface area contributed by atoms with Crippen molar-refractivity contribution in [1.29, 1.82) is 0 Å². The number of rotatable bonds is 4. The normalized spacial score (nSPS) is 18.9. The lowest BCUT2D eigenvalue weighted by Gasteiger charge is -2.33. The molecule has 0 saturated carbocycles. The van der Waals surface area contributed by atoms with Crippen LogP contribution in [0.15, 0.2) is 24.3 Å². The fourth-order valence-corrected chi connectivity index (χ4v) is 2.52. The summed E-state index contributed by atoms with van der Waals surface area (Å²) in [6.07, 6.45) is 3.66. The van der Waals surface area contributed by atoms with Gasteiger partial charge >= 0.3 is 0 Å². The monoisotopic (exact) mass is 248 g/mol. The van der Waals surface area contributed by atoms with E-state index in [0.29, 0.717) is 6.10 Å². The summed E-state index contributed by atoms with van der Waals surface area (Å²) in [6, 6.07) is 8.87. The molecule has 1 atom stereocenters. The first kappa shape index (κ1) is 13.4. The average Bonchev–Trinajstić information content (AvgIpc) is 2.47. The molecule has 1 aromatic rings. The van der Waals surface area contributed by atoms with Crippen LogP contribution in [-0.2, 0) is 4.74 Å². The van der Waals surface area contributed by atoms with Crippen LogP contribution in [0.5, 0.6) is 0 Å². The van der Waals surface area contributed by atoms with Crippen LogP contribution in [0.1, 0.15) is 37.8 Å². The molecule has 1 saturated heterocycles. The molecule has 3 nitrogen and oxygen atoms in total. The van der Waals surface area contributed by atoms with E-state index >= 15 is 0 Å². The molecule has 0 amide bonds. The first-order chi connectivity index (χ1) is 8.74. The second-order valence-electron chi connectivity index (χ2n) is 5.03. The van der Waals surface area contributed by atoms with Gasteiger partial charge in [-0.25, -0.2) is 0 Å². The fourth-order valence-electron chi connectivity index (χ4n) is 2.52. The quantitative estimate of drug-likeness (QED) is 0.890. The van der Waals surface area contributed by atoms with Gasteiger partial charge in [-0.15, -0.1) is 0 Å². The number of nitrogens with zero attached hydrogens (tertiary/aromatic N) is 1. The Balaban J connectivity index is 1.98. The molecule has 1 aromatic carbocycles. The number of nitrogens with two attached hydrogens (primary N) is 1. The minimum atomic E-state index is 0.165. The summed E-state index contributed by atoms with van der Waals surface area (Å²) in [5, 5.41) is 0. The van der Waals surface area contributed by atoms with Crippen molar-refractivity contribution in [2.24, 2.45) is 5.73 Å². The van der Waals surface area contributed by atoms with Crippen molar-refractivity contribution < 1.29 is 4.74 Å². The summed E-state index contributed by atoms with van der Waals surface area (Å²) in [5.41, 5.74) is 8.56. The Labute approximate surface area is 110 Å². The van der Waals surface area contributed by atoms with Crippen molar-refractivity contribution in [3.63, 3.8) is 0 Å². The fraction of sp³-hybridized carbons (Fsp3) is 0.600. The smallest absolute Gasteiger partial charge is 0.0605 e. The van der Waals surface area contributed by atoms with Crippen LogP contribution in [-0.4, -0.2) is 26.3 Å². The van der Waals surface area contributed by atoms with Crippen LogP contribution in [0.4, 0.5) is 5.69 Å². The molecule has 0 aliphatic carbocycles. The minimum absolute atomic E-state index is 0.165. The number of benzene rings is 1. The van der Waals surface area contributed by atoms with Crippen molar-refractivity contribution in [1.82, 2.24) is 0 Å². The Morgan fingerprint density at radius 2 is 1.89 bits per heavy atom. The molecular formula is C15H24N2O. The second-order valence-corrected chi connectivity index (χ2v) is 5.03. The Hall–Kier alpha value is -1.06. The number of ether oxygens (including phenoxy) is 1. The number of anilines is 1. The number of piperidine rings is 1. The molecule has 1 fully saturated rings. The number of hydrogen-bond acceptors (Lipinski definition) is 3. The van der Waals surface area contributed by atoms with E-state index in [1.165, 1.54) is 11.3 Å². The molecule has 1 aliphatic heterocycles. The molecule has 0 aromatic heterocycles. The van der Waals surface area contributed by atoms with Crippen LogP contribution >= 0.6 is 0 Å². The van der Waals surface area contributed by atoms with Gasteiger partial charge in [-0.3, -0.25) is 0 Å². The van der Waals surface area contributed by atoms with E-state index in [-0.39, 0.29) is 6.04 Å². The van der Waals surface area contributed by atoms with Crippen molar-refractivity contribution in [3.8, 4) is 0 Å². The lowest BCUT2D eigenvalue weighted by molar-refractivity contribution is 0.0819. The molecule has 0 spiro atoms. The maximum atomic E-state index is 6.03.